The Morgan fingerprint density at radius 1 is 1.36 bits per heavy atom. The van der Waals surface area contributed by atoms with Gasteiger partial charge in [-0.25, -0.2) is 0 Å². The third-order valence-corrected chi connectivity index (χ3v) is 2.07. The second kappa shape index (κ2) is 3.49. The van der Waals surface area contributed by atoms with Gasteiger partial charge in [0.15, 0.2) is 0 Å². The van der Waals surface area contributed by atoms with Gasteiger partial charge >= 0.3 is 0 Å². The SMILES string of the molecule is CCC1=C(c2cccnc2)N=NC1=O. The van der Waals surface area contributed by atoms with Crippen LogP contribution in [0.15, 0.2) is 40.3 Å². The predicted octanol–water partition coefficient (Wildman–Crippen LogP) is 2.20. The molecule has 0 saturated heterocycles. The molecule has 70 valence electrons. The third kappa shape index (κ3) is 1.35. The average Bonchev–Trinajstić information content (AvgIpc) is 2.61. The number of nitrogens with zero attached hydrogens (tertiary/aromatic N) is 3. The van der Waals surface area contributed by atoms with Crippen LogP contribution in [0.1, 0.15) is 18.9 Å². The van der Waals surface area contributed by atoms with Crippen LogP contribution < -0.4 is 0 Å². The van der Waals surface area contributed by atoms with Crippen molar-refractivity contribution in [2.75, 3.05) is 0 Å². The van der Waals surface area contributed by atoms with Gasteiger partial charge in [-0.1, -0.05) is 6.92 Å². The van der Waals surface area contributed by atoms with Crippen molar-refractivity contribution < 1.29 is 4.79 Å². The first kappa shape index (κ1) is 8.74. The Hall–Kier alpha value is -1.84. The maximum absolute atomic E-state index is 11.3. The van der Waals surface area contributed by atoms with Gasteiger partial charge in [0.05, 0.1) is 0 Å². The van der Waals surface area contributed by atoms with E-state index in [-0.39, 0.29) is 5.91 Å². The number of carbonyl (C=O) groups is 1. The molecule has 4 heteroatoms. The molecule has 0 spiro atoms. The van der Waals surface area contributed by atoms with E-state index in [4.69, 9.17) is 0 Å². The van der Waals surface area contributed by atoms with Crippen LogP contribution in [0.2, 0.25) is 0 Å². The summed E-state index contributed by atoms with van der Waals surface area (Å²) in [4.78, 5) is 15.2. The van der Waals surface area contributed by atoms with E-state index in [1.807, 2.05) is 19.1 Å². The van der Waals surface area contributed by atoms with Crippen molar-refractivity contribution in [3.63, 3.8) is 0 Å². The fraction of sp³-hybridized carbons (Fsp3) is 0.200. The van der Waals surface area contributed by atoms with Gasteiger partial charge in [-0.15, -0.1) is 10.2 Å². The van der Waals surface area contributed by atoms with Gasteiger partial charge in [0.25, 0.3) is 5.91 Å². The van der Waals surface area contributed by atoms with Gasteiger partial charge in [-0.05, 0) is 18.6 Å². The Morgan fingerprint density at radius 3 is 2.86 bits per heavy atom. The number of carbonyl (C=O) groups excluding carboxylic acids is 1. The third-order valence-electron chi connectivity index (χ3n) is 2.07. The van der Waals surface area contributed by atoms with E-state index in [1.165, 1.54) is 0 Å². The topological polar surface area (TPSA) is 54.7 Å². The van der Waals surface area contributed by atoms with E-state index in [0.29, 0.717) is 17.7 Å². The quantitative estimate of drug-likeness (QED) is 0.712. The first-order valence-corrected chi connectivity index (χ1v) is 4.42. The minimum absolute atomic E-state index is 0.230. The Morgan fingerprint density at radius 2 is 2.21 bits per heavy atom. The molecule has 0 radical (unpaired) electrons. The molecule has 1 aromatic heterocycles. The molecule has 0 atom stereocenters. The van der Waals surface area contributed by atoms with Gasteiger partial charge < -0.3 is 0 Å². The van der Waals surface area contributed by atoms with Crippen LogP contribution >= 0.6 is 0 Å². The Balaban J connectivity index is 2.49. The summed E-state index contributed by atoms with van der Waals surface area (Å²) in [6, 6.07) is 3.68. The monoisotopic (exact) mass is 187 g/mol. The van der Waals surface area contributed by atoms with E-state index in [1.54, 1.807) is 12.4 Å². The minimum atomic E-state index is -0.230. The van der Waals surface area contributed by atoms with Gasteiger partial charge in [0.2, 0.25) is 0 Å². The summed E-state index contributed by atoms with van der Waals surface area (Å²) in [5.74, 6) is -0.230. The van der Waals surface area contributed by atoms with Crippen LogP contribution in [-0.4, -0.2) is 10.9 Å². The lowest BCUT2D eigenvalue weighted by Gasteiger charge is -1.98. The lowest BCUT2D eigenvalue weighted by Crippen LogP contribution is -1.94. The lowest BCUT2D eigenvalue weighted by atomic mass is 10.1. The smallest absolute Gasteiger partial charge is 0.265 e. The number of amides is 1. The molecular weight excluding hydrogens is 178 g/mol. The van der Waals surface area contributed by atoms with Crippen molar-refractivity contribution in [2.24, 2.45) is 10.2 Å². The van der Waals surface area contributed by atoms with Gasteiger partial charge in [-0.3, -0.25) is 9.78 Å². The summed E-state index contributed by atoms with van der Waals surface area (Å²) >= 11 is 0. The number of aromatic nitrogens is 1. The molecule has 1 aromatic rings. The fourth-order valence-electron chi connectivity index (χ4n) is 1.37. The summed E-state index contributed by atoms with van der Waals surface area (Å²) in [7, 11) is 0. The molecular formula is C10H9N3O. The number of hydrogen-bond donors (Lipinski definition) is 0. The highest BCUT2D eigenvalue weighted by atomic mass is 16.2. The summed E-state index contributed by atoms with van der Waals surface area (Å²) in [5.41, 5.74) is 2.17. The molecule has 4 nitrogen and oxygen atoms in total. The van der Waals surface area contributed by atoms with Crippen molar-refractivity contribution in [1.82, 2.24) is 4.98 Å². The Bertz CT molecular complexity index is 420. The van der Waals surface area contributed by atoms with Crippen molar-refractivity contribution in [3.8, 4) is 0 Å². The maximum Gasteiger partial charge on any atom is 0.293 e. The standard InChI is InChI=1S/C10H9N3O/c1-2-8-9(12-13-10(8)14)7-4-3-5-11-6-7/h3-6H,2H2,1H3. The molecule has 2 rings (SSSR count). The lowest BCUT2D eigenvalue weighted by molar-refractivity contribution is -0.114. The van der Waals surface area contributed by atoms with Crippen LogP contribution in [0.25, 0.3) is 5.70 Å². The maximum atomic E-state index is 11.3. The van der Waals surface area contributed by atoms with Crippen molar-refractivity contribution in [2.45, 2.75) is 13.3 Å². The van der Waals surface area contributed by atoms with Crippen molar-refractivity contribution in [3.05, 3.63) is 35.7 Å². The molecule has 0 N–H and O–H groups in total. The van der Waals surface area contributed by atoms with Crippen LogP contribution in [-0.2, 0) is 4.79 Å². The number of hydrogen-bond acceptors (Lipinski definition) is 3. The molecule has 0 fully saturated rings. The van der Waals surface area contributed by atoms with Crippen LogP contribution in [0.5, 0.6) is 0 Å². The van der Waals surface area contributed by atoms with Crippen molar-refractivity contribution >= 4 is 11.6 Å². The molecule has 0 aromatic carbocycles. The Kier molecular flexibility index (Phi) is 2.18. The second-order valence-corrected chi connectivity index (χ2v) is 2.93. The predicted molar refractivity (Wildman–Crippen MR) is 51.3 cm³/mol. The molecule has 0 aliphatic carbocycles. The second-order valence-electron chi connectivity index (χ2n) is 2.93. The molecule has 1 aliphatic heterocycles. The largest absolute Gasteiger partial charge is 0.293 e. The first-order chi connectivity index (χ1) is 6.83. The molecule has 0 saturated carbocycles. The number of azo groups is 1. The highest BCUT2D eigenvalue weighted by Gasteiger charge is 2.20. The molecule has 1 amide bonds. The number of pyridine rings is 1. The average molecular weight is 187 g/mol. The van der Waals surface area contributed by atoms with Gasteiger partial charge in [0.1, 0.15) is 5.70 Å². The first-order valence-electron chi connectivity index (χ1n) is 4.42. The van der Waals surface area contributed by atoms with E-state index < -0.39 is 0 Å². The zero-order valence-electron chi connectivity index (χ0n) is 7.77. The molecule has 2 heterocycles. The molecule has 0 bridgehead atoms. The van der Waals surface area contributed by atoms with Crippen molar-refractivity contribution in [1.29, 1.82) is 0 Å². The number of rotatable bonds is 2. The normalized spacial score (nSPS) is 15.4. The van der Waals surface area contributed by atoms with Crippen LogP contribution in [0.4, 0.5) is 0 Å². The summed E-state index contributed by atoms with van der Waals surface area (Å²) in [5, 5.41) is 7.38. The summed E-state index contributed by atoms with van der Waals surface area (Å²) in [6.45, 7) is 1.92. The fourth-order valence-corrected chi connectivity index (χ4v) is 1.37. The van der Waals surface area contributed by atoms with Gasteiger partial charge in [0, 0.05) is 23.5 Å². The van der Waals surface area contributed by atoms with E-state index in [9.17, 15) is 4.79 Å². The molecule has 0 unspecified atom stereocenters. The van der Waals surface area contributed by atoms with Crippen LogP contribution in [0.3, 0.4) is 0 Å². The summed E-state index contributed by atoms with van der Waals surface area (Å²) < 4.78 is 0. The molecule has 1 aliphatic rings. The summed E-state index contributed by atoms with van der Waals surface area (Å²) in [6.07, 6.45) is 4.02. The van der Waals surface area contributed by atoms with E-state index in [0.717, 1.165) is 5.56 Å². The molecule has 14 heavy (non-hydrogen) atoms. The zero-order valence-corrected chi connectivity index (χ0v) is 7.77. The van der Waals surface area contributed by atoms with Crippen LogP contribution in [0, 0.1) is 0 Å². The van der Waals surface area contributed by atoms with E-state index in [2.05, 4.69) is 15.2 Å². The Labute approximate surface area is 81.4 Å². The zero-order chi connectivity index (χ0) is 9.97. The highest BCUT2D eigenvalue weighted by Crippen LogP contribution is 2.27. The minimum Gasteiger partial charge on any atom is -0.265 e. The van der Waals surface area contributed by atoms with Gasteiger partial charge in [-0.2, -0.15) is 0 Å². The van der Waals surface area contributed by atoms with E-state index >= 15 is 0 Å². The highest BCUT2D eigenvalue weighted by molar-refractivity contribution is 6.04.